The van der Waals surface area contributed by atoms with E-state index in [9.17, 15) is 19.2 Å². The van der Waals surface area contributed by atoms with Gasteiger partial charge in [-0.25, -0.2) is 4.39 Å². The van der Waals surface area contributed by atoms with Gasteiger partial charge in [-0.1, -0.05) is 12.1 Å². The Bertz CT molecular complexity index is 664. The van der Waals surface area contributed by atoms with Crippen molar-refractivity contribution in [3.63, 3.8) is 0 Å². The van der Waals surface area contributed by atoms with Crippen molar-refractivity contribution in [2.45, 2.75) is 44.7 Å². The van der Waals surface area contributed by atoms with E-state index >= 15 is 0 Å². The number of carbonyl (C=O) groups excluding carboxylic acids is 2. The third-order valence-electron chi connectivity index (χ3n) is 4.39. The van der Waals surface area contributed by atoms with Gasteiger partial charge in [-0.15, -0.1) is 0 Å². The lowest BCUT2D eigenvalue weighted by Gasteiger charge is -2.25. The van der Waals surface area contributed by atoms with Gasteiger partial charge in [0.2, 0.25) is 5.91 Å². The number of amides is 1. The Morgan fingerprint density at radius 2 is 1.92 bits per heavy atom. The van der Waals surface area contributed by atoms with E-state index in [0.717, 1.165) is 18.4 Å². The standard InChI is InChI=1S/C19H24FN3O3/c1-2-26-18(25)13-23(11-15-5-7-16(20)8-6-15)12-17(24)22-19(14-21)9-3-4-10-19/h5-8H,2-4,9-13H2,1H3,(H,22,24). The predicted molar refractivity (Wildman–Crippen MR) is 93.3 cm³/mol. The van der Waals surface area contributed by atoms with Crippen molar-refractivity contribution in [2.75, 3.05) is 19.7 Å². The molecule has 0 saturated heterocycles. The van der Waals surface area contributed by atoms with Gasteiger partial charge in [-0.05, 0) is 50.3 Å². The predicted octanol–water partition coefficient (Wildman–Crippen LogP) is 2.14. The molecule has 140 valence electrons. The first-order valence-corrected chi connectivity index (χ1v) is 8.81. The third-order valence-corrected chi connectivity index (χ3v) is 4.39. The fraction of sp³-hybridized carbons (Fsp3) is 0.526. The van der Waals surface area contributed by atoms with Crippen molar-refractivity contribution in [3.8, 4) is 6.07 Å². The lowest BCUT2D eigenvalue weighted by Crippen LogP contribution is -2.49. The maximum absolute atomic E-state index is 13.1. The molecule has 6 nitrogen and oxygen atoms in total. The molecule has 1 saturated carbocycles. The molecule has 0 spiro atoms. The fourth-order valence-corrected chi connectivity index (χ4v) is 3.16. The molecule has 1 amide bonds. The van der Waals surface area contributed by atoms with Crippen LogP contribution in [0.2, 0.25) is 0 Å². The Morgan fingerprint density at radius 1 is 1.27 bits per heavy atom. The molecule has 0 bridgehead atoms. The number of nitriles is 1. The van der Waals surface area contributed by atoms with Crippen molar-refractivity contribution in [1.82, 2.24) is 10.2 Å². The van der Waals surface area contributed by atoms with Crippen molar-refractivity contribution in [3.05, 3.63) is 35.6 Å². The molecule has 1 aliphatic rings. The van der Waals surface area contributed by atoms with Gasteiger partial charge in [0.15, 0.2) is 0 Å². The molecule has 1 aromatic rings. The van der Waals surface area contributed by atoms with Crippen LogP contribution in [0.15, 0.2) is 24.3 Å². The Morgan fingerprint density at radius 3 is 2.50 bits per heavy atom. The van der Waals surface area contributed by atoms with Gasteiger partial charge in [0.25, 0.3) is 0 Å². The number of halogens is 1. The fourth-order valence-electron chi connectivity index (χ4n) is 3.16. The van der Waals surface area contributed by atoms with Gasteiger partial charge < -0.3 is 10.1 Å². The van der Waals surface area contributed by atoms with E-state index in [4.69, 9.17) is 4.74 Å². The summed E-state index contributed by atoms with van der Waals surface area (Å²) >= 11 is 0. The van der Waals surface area contributed by atoms with Crippen molar-refractivity contribution >= 4 is 11.9 Å². The van der Waals surface area contributed by atoms with Crippen molar-refractivity contribution in [2.24, 2.45) is 0 Å². The van der Waals surface area contributed by atoms with Crippen LogP contribution >= 0.6 is 0 Å². The van der Waals surface area contributed by atoms with Crippen LogP contribution in [0.5, 0.6) is 0 Å². The molecule has 1 aliphatic carbocycles. The minimum absolute atomic E-state index is 0.0420. The Balaban J connectivity index is 2.02. The average Bonchev–Trinajstić information content (AvgIpc) is 3.06. The maximum Gasteiger partial charge on any atom is 0.320 e. The zero-order valence-corrected chi connectivity index (χ0v) is 15.0. The van der Waals surface area contributed by atoms with E-state index < -0.39 is 11.5 Å². The molecule has 0 heterocycles. The molecule has 2 rings (SSSR count). The Hall–Kier alpha value is -2.46. The van der Waals surface area contributed by atoms with Crippen LogP contribution in [-0.2, 0) is 20.9 Å². The van der Waals surface area contributed by atoms with E-state index in [1.807, 2.05) is 0 Å². The minimum Gasteiger partial charge on any atom is -0.465 e. The summed E-state index contributed by atoms with van der Waals surface area (Å²) in [5, 5.41) is 12.2. The van der Waals surface area contributed by atoms with E-state index in [-0.39, 0.29) is 31.4 Å². The second-order valence-electron chi connectivity index (χ2n) is 6.53. The molecule has 0 radical (unpaired) electrons. The van der Waals surface area contributed by atoms with E-state index in [0.29, 0.717) is 19.4 Å². The third kappa shape index (κ3) is 5.81. The van der Waals surface area contributed by atoms with Gasteiger partial charge in [0, 0.05) is 6.54 Å². The first kappa shape index (κ1) is 19.9. The zero-order valence-electron chi connectivity index (χ0n) is 15.0. The summed E-state index contributed by atoms with van der Waals surface area (Å²) in [5.41, 5.74) is -0.0258. The minimum atomic E-state index is -0.803. The smallest absolute Gasteiger partial charge is 0.320 e. The highest BCUT2D eigenvalue weighted by Gasteiger charge is 2.35. The van der Waals surface area contributed by atoms with Crippen LogP contribution in [-0.4, -0.2) is 42.0 Å². The highest BCUT2D eigenvalue weighted by atomic mass is 19.1. The number of rotatable bonds is 8. The summed E-state index contributed by atoms with van der Waals surface area (Å²) < 4.78 is 18.0. The topological polar surface area (TPSA) is 82.4 Å². The van der Waals surface area contributed by atoms with Crippen LogP contribution in [0, 0.1) is 17.1 Å². The number of ether oxygens (including phenoxy) is 1. The molecule has 26 heavy (non-hydrogen) atoms. The van der Waals surface area contributed by atoms with Crippen LogP contribution in [0.4, 0.5) is 4.39 Å². The van der Waals surface area contributed by atoms with Crippen molar-refractivity contribution < 1.29 is 18.7 Å². The monoisotopic (exact) mass is 361 g/mol. The highest BCUT2D eigenvalue weighted by Crippen LogP contribution is 2.28. The summed E-state index contributed by atoms with van der Waals surface area (Å²) in [4.78, 5) is 25.9. The number of carbonyl (C=O) groups is 2. The second-order valence-corrected chi connectivity index (χ2v) is 6.53. The van der Waals surface area contributed by atoms with Crippen LogP contribution in [0.25, 0.3) is 0 Å². The Kier molecular flexibility index (Phi) is 7.10. The van der Waals surface area contributed by atoms with E-state index in [2.05, 4.69) is 11.4 Å². The number of nitrogens with zero attached hydrogens (tertiary/aromatic N) is 2. The van der Waals surface area contributed by atoms with Gasteiger partial charge in [-0.3, -0.25) is 14.5 Å². The highest BCUT2D eigenvalue weighted by molar-refractivity contribution is 5.80. The van der Waals surface area contributed by atoms with Crippen molar-refractivity contribution in [1.29, 1.82) is 5.26 Å². The Labute approximate surface area is 152 Å². The molecule has 1 fully saturated rings. The van der Waals surface area contributed by atoms with Gasteiger partial charge in [0.05, 0.1) is 25.8 Å². The second kappa shape index (κ2) is 9.30. The van der Waals surface area contributed by atoms with Crippen LogP contribution in [0.3, 0.4) is 0 Å². The SMILES string of the molecule is CCOC(=O)CN(CC(=O)NC1(C#N)CCCC1)Cc1ccc(F)cc1. The average molecular weight is 361 g/mol. The molecule has 0 atom stereocenters. The number of hydrogen-bond donors (Lipinski definition) is 1. The maximum atomic E-state index is 13.1. The largest absolute Gasteiger partial charge is 0.465 e. The first-order valence-electron chi connectivity index (χ1n) is 8.81. The van der Waals surface area contributed by atoms with Crippen LogP contribution < -0.4 is 5.32 Å². The molecule has 7 heteroatoms. The zero-order chi connectivity index (χ0) is 19.0. The van der Waals surface area contributed by atoms with E-state index in [1.165, 1.54) is 12.1 Å². The molecular formula is C19H24FN3O3. The van der Waals surface area contributed by atoms with Gasteiger partial charge in [0.1, 0.15) is 11.4 Å². The molecule has 0 aliphatic heterocycles. The number of hydrogen-bond acceptors (Lipinski definition) is 5. The first-order chi connectivity index (χ1) is 12.5. The molecular weight excluding hydrogens is 337 g/mol. The van der Waals surface area contributed by atoms with Gasteiger partial charge >= 0.3 is 5.97 Å². The number of benzene rings is 1. The lowest BCUT2D eigenvalue weighted by molar-refractivity contribution is -0.144. The van der Waals surface area contributed by atoms with Crippen LogP contribution in [0.1, 0.15) is 38.2 Å². The molecule has 1 N–H and O–H groups in total. The summed E-state index contributed by atoms with van der Waals surface area (Å²) in [6.45, 7) is 2.17. The summed E-state index contributed by atoms with van der Waals surface area (Å²) in [7, 11) is 0. The summed E-state index contributed by atoms with van der Waals surface area (Å²) in [6, 6.07) is 8.10. The number of nitrogens with one attached hydrogen (secondary N) is 1. The lowest BCUT2D eigenvalue weighted by atomic mass is 10.00. The molecule has 0 aromatic heterocycles. The van der Waals surface area contributed by atoms with E-state index in [1.54, 1.807) is 24.0 Å². The summed E-state index contributed by atoms with van der Waals surface area (Å²) in [6.07, 6.45) is 3.11. The molecule has 0 unspecified atom stereocenters. The quantitative estimate of drug-likeness (QED) is 0.718. The number of esters is 1. The van der Waals surface area contributed by atoms with Gasteiger partial charge in [-0.2, -0.15) is 5.26 Å². The normalized spacial score (nSPS) is 15.5. The summed E-state index contributed by atoms with van der Waals surface area (Å²) in [5.74, 6) is -1.08. The molecule has 1 aromatic carbocycles.